The van der Waals surface area contributed by atoms with Gasteiger partial charge in [-0.05, 0) is 37.6 Å². The van der Waals surface area contributed by atoms with Gasteiger partial charge in [-0.15, -0.1) is 0 Å². The maximum Gasteiger partial charge on any atom is 0.138 e. The predicted molar refractivity (Wildman–Crippen MR) is 81.7 cm³/mol. The van der Waals surface area contributed by atoms with Gasteiger partial charge in [0, 0.05) is 6.54 Å². The second-order valence-electron chi connectivity index (χ2n) is 4.83. The van der Waals surface area contributed by atoms with E-state index in [1.165, 1.54) is 5.56 Å². The fraction of sp³-hybridized carbons (Fsp3) is 0.353. The molecule has 2 aromatic rings. The standard InChI is InChI=1S/C17H22N2O/c1-3-11-18-12-16-9-10-17(13-19-16)20-14(2)15-7-5-4-6-8-15/h4-10,13-14,18H,3,11-12H2,1-2H3. The van der Waals surface area contributed by atoms with Crippen molar-refractivity contribution in [3.05, 3.63) is 59.9 Å². The summed E-state index contributed by atoms with van der Waals surface area (Å²) in [5.41, 5.74) is 2.21. The van der Waals surface area contributed by atoms with Gasteiger partial charge in [-0.25, -0.2) is 0 Å². The predicted octanol–water partition coefficient (Wildman–Crippen LogP) is 3.72. The number of nitrogens with zero attached hydrogens (tertiary/aromatic N) is 1. The summed E-state index contributed by atoms with van der Waals surface area (Å²) in [7, 11) is 0. The summed E-state index contributed by atoms with van der Waals surface area (Å²) in [4.78, 5) is 4.41. The highest BCUT2D eigenvalue weighted by Gasteiger charge is 2.06. The third kappa shape index (κ3) is 4.35. The van der Waals surface area contributed by atoms with Gasteiger partial charge in [0.15, 0.2) is 0 Å². The van der Waals surface area contributed by atoms with Crippen LogP contribution >= 0.6 is 0 Å². The summed E-state index contributed by atoms with van der Waals surface area (Å²) in [5, 5.41) is 3.33. The van der Waals surface area contributed by atoms with Crippen LogP contribution in [-0.4, -0.2) is 11.5 Å². The van der Waals surface area contributed by atoms with E-state index in [0.29, 0.717) is 0 Å². The first kappa shape index (κ1) is 14.5. The number of pyridine rings is 1. The summed E-state index contributed by atoms with van der Waals surface area (Å²) < 4.78 is 5.90. The first-order valence-electron chi connectivity index (χ1n) is 7.17. The monoisotopic (exact) mass is 270 g/mol. The van der Waals surface area contributed by atoms with Crippen LogP contribution in [-0.2, 0) is 6.54 Å². The molecule has 1 aromatic carbocycles. The lowest BCUT2D eigenvalue weighted by atomic mass is 10.1. The summed E-state index contributed by atoms with van der Waals surface area (Å²) in [6, 6.07) is 14.2. The SMILES string of the molecule is CCCNCc1ccc(OC(C)c2ccccc2)cn1. The van der Waals surface area contributed by atoms with Crippen molar-refractivity contribution in [2.75, 3.05) is 6.54 Å². The minimum absolute atomic E-state index is 0.0297. The third-order valence-electron chi connectivity index (χ3n) is 3.11. The zero-order chi connectivity index (χ0) is 14.2. The van der Waals surface area contributed by atoms with Crippen molar-refractivity contribution in [3.63, 3.8) is 0 Å². The summed E-state index contributed by atoms with van der Waals surface area (Å²) in [5.74, 6) is 0.806. The fourth-order valence-electron chi connectivity index (χ4n) is 1.97. The number of aromatic nitrogens is 1. The molecule has 1 aromatic heterocycles. The first-order valence-corrected chi connectivity index (χ1v) is 7.17. The van der Waals surface area contributed by atoms with Crippen LogP contribution in [0, 0.1) is 0 Å². The van der Waals surface area contributed by atoms with E-state index in [4.69, 9.17) is 4.74 Å². The van der Waals surface area contributed by atoms with Crippen molar-refractivity contribution in [1.82, 2.24) is 10.3 Å². The molecule has 0 spiro atoms. The van der Waals surface area contributed by atoms with E-state index in [1.807, 2.05) is 37.3 Å². The van der Waals surface area contributed by atoms with Gasteiger partial charge >= 0.3 is 0 Å². The van der Waals surface area contributed by atoms with Crippen LogP contribution in [0.2, 0.25) is 0 Å². The molecular formula is C17H22N2O. The minimum atomic E-state index is 0.0297. The first-order chi connectivity index (χ1) is 9.79. The molecule has 0 saturated carbocycles. The Bertz CT molecular complexity index is 496. The molecule has 1 unspecified atom stereocenters. The molecule has 20 heavy (non-hydrogen) atoms. The molecule has 2 rings (SSSR count). The second-order valence-corrected chi connectivity index (χ2v) is 4.83. The second kappa shape index (κ2) is 7.65. The molecule has 0 amide bonds. The Balaban J connectivity index is 1.90. The Morgan fingerprint density at radius 2 is 1.95 bits per heavy atom. The molecular weight excluding hydrogens is 248 g/mol. The average Bonchev–Trinajstić information content (AvgIpc) is 2.50. The van der Waals surface area contributed by atoms with E-state index in [9.17, 15) is 0 Å². The Kier molecular flexibility index (Phi) is 5.56. The maximum atomic E-state index is 5.90. The van der Waals surface area contributed by atoms with Crippen LogP contribution in [0.5, 0.6) is 5.75 Å². The lowest BCUT2D eigenvalue weighted by Crippen LogP contribution is -2.14. The Labute approximate surface area is 121 Å². The highest BCUT2D eigenvalue weighted by molar-refractivity contribution is 5.23. The van der Waals surface area contributed by atoms with E-state index >= 15 is 0 Å². The summed E-state index contributed by atoms with van der Waals surface area (Å²) in [6.07, 6.45) is 2.96. The molecule has 1 N–H and O–H groups in total. The molecule has 1 heterocycles. The molecule has 0 fully saturated rings. The Morgan fingerprint density at radius 3 is 2.60 bits per heavy atom. The third-order valence-corrected chi connectivity index (χ3v) is 3.11. The van der Waals surface area contributed by atoms with Gasteiger partial charge in [-0.2, -0.15) is 0 Å². The topological polar surface area (TPSA) is 34.1 Å². The molecule has 0 bridgehead atoms. The highest BCUT2D eigenvalue weighted by atomic mass is 16.5. The molecule has 0 radical (unpaired) electrons. The van der Waals surface area contributed by atoms with Crippen molar-refractivity contribution in [1.29, 1.82) is 0 Å². The number of nitrogens with one attached hydrogen (secondary N) is 1. The maximum absolute atomic E-state index is 5.90. The van der Waals surface area contributed by atoms with Gasteiger partial charge in [-0.1, -0.05) is 37.3 Å². The van der Waals surface area contributed by atoms with Crippen molar-refractivity contribution in [2.45, 2.75) is 32.9 Å². The van der Waals surface area contributed by atoms with E-state index in [0.717, 1.165) is 31.0 Å². The van der Waals surface area contributed by atoms with Crippen LogP contribution in [0.4, 0.5) is 0 Å². The molecule has 0 aliphatic heterocycles. The number of benzene rings is 1. The van der Waals surface area contributed by atoms with Gasteiger partial charge < -0.3 is 10.1 Å². The van der Waals surface area contributed by atoms with Gasteiger partial charge in [0.2, 0.25) is 0 Å². The van der Waals surface area contributed by atoms with E-state index in [1.54, 1.807) is 6.20 Å². The normalized spacial score (nSPS) is 12.1. The summed E-state index contributed by atoms with van der Waals surface area (Å²) >= 11 is 0. The quantitative estimate of drug-likeness (QED) is 0.779. The van der Waals surface area contributed by atoms with Gasteiger partial charge in [0.1, 0.15) is 11.9 Å². The van der Waals surface area contributed by atoms with Crippen LogP contribution in [0.15, 0.2) is 48.7 Å². The smallest absolute Gasteiger partial charge is 0.138 e. The largest absolute Gasteiger partial charge is 0.484 e. The molecule has 3 heteroatoms. The van der Waals surface area contributed by atoms with Crippen molar-refractivity contribution in [3.8, 4) is 5.75 Å². The van der Waals surface area contributed by atoms with Crippen molar-refractivity contribution >= 4 is 0 Å². The molecule has 0 aliphatic carbocycles. The number of hydrogen-bond donors (Lipinski definition) is 1. The van der Waals surface area contributed by atoms with Crippen LogP contribution in [0.3, 0.4) is 0 Å². The molecule has 0 aliphatic rings. The van der Waals surface area contributed by atoms with Gasteiger partial charge in [-0.3, -0.25) is 4.98 Å². The van der Waals surface area contributed by atoms with Gasteiger partial charge in [0.25, 0.3) is 0 Å². The molecule has 106 valence electrons. The Morgan fingerprint density at radius 1 is 1.15 bits per heavy atom. The minimum Gasteiger partial charge on any atom is -0.484 e. The average molecular weight is 270 g/mol. The fourth-order valence-corrected chi connectivity index (χ4v) is 1.97. The molecule has 0 saturated heterocycles. The zero-order valence-corrected chi connectivity index (χ0v) is 12.2. The van der Waals surface area contributed by atoms with Crippen LogP contribution in [0.25, 0.3) is 0 Å². The number of hydrogen-bond acceptors (Lipinski definition) is 3. The summed E-state index contributed by atoms with van der Waals surface area (Å²) in [6.45, 7) is 6.03. The van der Waals surface area contributed by atoms with E-state index in [-0.39, 0.29) is 6.10 Å². The Hall–Kier alpha value is -1.87. The van der Waals surface area contributed by atoms with E-state index in [2.05, 4.69) is 29.4 Å². The molecule has 1 atom stereocenters. The number of ether oxygens (including phenoxy) is 1. The van der Waals surface area contributed by atoms with E-state index < -0.39 is 0 Å². The lowest BCUT2D eigenvalue weighted by Gasteiger charge is -2.15. The molecule has 3 nitrogen and oxygen atoms in total. The number of rotatable bonds is 7. The zero-order valence-electron chi connectivity index (χ0n) is 12.2. The van der Waals surface area contributed by atoms with Crippen molar-refractivity contribution < 1.29 is 4.74 Å². The van der Waals surface area contributed by atoms with Crippen LogP contribution < -0.4 is 10.1 Å². The highest BCUT2D eigenvalue weighted by Crippen LogP contribution is 2.20. The van der Waals surface area contributed by atoms with Gasteiger partial charge in [0.05, 0.1) is 11.9 Å². The van der Waals surface area contributed by atoms with Crippen molar-refractivity contribution in [2.24, 2.45) is 0 Å². The van der Waals surface area contributed by atoms with Crippen LogP contribution in [0.1, 0.15) is 37.6 Å². The lowest BCUT2D eigenvalue weighted by molar-refractivity contribution is 0.226.